The molecular formula is C48H43N5O9. The Morgan fingerprint density at radius 2 is 1.52 bits per heavy atom. The van der Waals surface area contributed by atoms with Gasteiger partial charge in [-0.15, -0.1) is 0 Å². The van der Waals surface area contributed by atoms with Crippen molar-refractivity contribution in [1.29, 1.82) is 0 Å². The Labute approximate surface area is 357 Å². The molecular weight excluding hydrogens is 791 g/mol. The number of aliphatic hydroxyl groups excluding tert-OH is 1. The van der Waals surface area contributed by atoms with E-state index in [1.807, 2.05) is 91.0 Å². The molecule has 5 aromatic rings. The third kappa shape index (κ3) is 7.27. The van der Waals surface area contributed by atoms with Crippen LogP contribution in [0.2, 0.25) is 0 Å². The molecule has 3 heterocycles. The van der Waals surface area contributed by atoms with Gasteiger partial charge in [-0.3, -0.25) is 19.3 Å². The topological polar surface area (TPSA) is 201 Å². The average Bonchev–Trinajstić information content (AvgIpc) is 3.74. The van der Waals surface area contributed by atoms with Gasteiger partial charge in [-0.05, 0) is 65.1 Å². The summed E-state index contributed by atoms with van der Waals surface area (Å²) in [7, 11) is 0. The molecule has 2 saturated heterocycles. The molecule has 6 N–H and O–H groups in total. The quantitative estimate of drug-likeness (QED) is 0.0909. The molecule has 3 aliphatic rings. The van der Waals surface area contributed by atoms with Crippen LogP contribution in [0, 0.1) is 17.8 Å². The van der Waals surface area contributed by atoms with Crippen molar-refractivity contribution in [3.05, 3.63) is 167 Å². The number of nitrogens with zero attached hydrogens (tertiary/aromatic N) is 2. The lowest BCUT2D eigenvalue weighted by Gasteiger charge is -2.46. The fourth-order valence-electron chi connectivity index (χ4n) is 9.26. The van der Waals surface area contributed by atoms with E-state index >= 15 is 4.79 Å². The summed E-state index contributed by atoms with van der Waals surface area (Å²) in [6, 6.07) is 33.0. The van der Waals surface area contributed by atoms with Gasteiger partial charge in [0, 0.05) is 5.56 Å². The number of benzene rings is 5. The number of hydrogen-bond acceptors (Lipinski definition) is 9. The number of cyclic esters (lactones) is 1. The van der Waals surface area contributed by atoms with Crippen LogP contribution in [-0.4, -0.2) is 70.8 Å². The van der Waals surface area contributed by atoms with E-state index in [4.69, 9.17) is 15.2 Å². The van der Waals surface area contributed by atoms with Gasteiger partial charge in [-0.2, -0.15) is 0 Å². The SMILES string of the molecule is C[C@@H](NC(=O)N1C(=O)[C@@]2(c3cc(C#CCNC(N)=O)ccc31)[C@H](C(=O)O)[C@H]1C(=O)O[C@H](c3ccccc3)[C@H](c3ccccc3)N1[C@@H]2c1cccc(OCCO)c1)c1ccccc1. The van der Waals surface area contributed by atoms with Crippen molar-refractivity contribution in [2.24, 2.45) is 11.7 Å². The Morgan fingerprint density at radius 1 is 0.855 bits per heavy atom. The molecule has 314 valence electrons. The molecule has 5 aromatic carbocycles. The number of morpholine rings is 1. The fourth-order valence-corrected chi connectivity index (χ4v) is 9.26. The number of carboxylic acids is 1. The number of carbonyl (C=O) groups is 5. The molecule has 5 amide bonds. The van der Waals surface area contributed by atoms with Crippen LogP contribution >= 0.6 is 0 Å². The number of primary amides is 1. The maximum Gasteiger partial charge on any atom is 0.329 e. The van der Waals surface area contributed by atoms with Crippen LogP contribution in [0.5, 0.6) is 5.75 Å². The Hall–Kier alpha value is -7.47. The molecule has 0 radical (unpaired) electrons. The number of aliphatic hydroxyl groups is 1. The minimum absolute atomic E-state index is 0.0552. The Kier molecular flexibility index (Phi) is 11.5. The van der Waals surface area contributed by atoms with E-state index in [0.29, 0.717) is 28.0 Å². The minimum Gasteiger partial charge on any atom is -0.491 e. The van der Waals surface area contributed by atoms with Gasteiger partial charge in [0.15, 0.2) is 0 Å². The predicted octanol–water partition coefficient (Wildman–Crippen LogP) is 5.30. The number of esters is 1. The first-order valence-corrected chi connectivity index (χ1v) is 20.1. The lowest BCUT2D eigenvalue weighted by molar-refractivity contribution is -0.179. The summed E-state index contributed by atoms with van der Waals surface area (Å²) in [6.07, 6.45) is -0.972. The third-order valence-electron chi connectivity index (χ3n) is 11.7. The zero-order chi connectivity index (χ0) is 43.5. The number of fused-ring (bicyclic) bond motifs is 3. The highest BCUT2D eigenvalue weighted by Crippen LogP contribution is 2.66. The van der Waals surface area contributed by atoms with Gasteiger partial charge in [-0.25, -0.2) is 14.5 Å². The first kappa shape index (κ1) is 41.3. The average molecular weight is 834 g/mol. The van der Waals surface area contributed by atoms with Gasteiger partial charge >= 0.3 is 24.0 Å². The first-order chi connectivity index (χ1) is 30.1. The van der Waals surface area contributed by atoms with Gasteiger partial charge < -0.3 is 36.1 Å². The van der Waals surface area contributed by atoms with E-state index in [0.717, 1.165) is 10.5 Å². The number of aliphatic carboxylic acids is 1. The maximum absolute atomic E-state index is 16.1. The van der Waals surface area contributed by atoms with E-state index in [1.165, 1.54) is 6.07 Å². The maximum atomic E-state index is 16.1. The molecule has 62 heavy (non-hydrogen) atoms. The predicted molar refractivity (Wildman–Crippen MR) is 226 cm³/mol. The number of ether oxygens (including phenoxy) is 2. The van der Waals surface area contributed by atoms with Crippen LogP contribution in [-0.2, 0) is 24.5 Å². The Bertz CT molecular complexity index is 2580. The normalized spacial score (nSPS) is 23.0. The second-order valence-corrected chi connectivity index (χ2v) is 15.2. The number of carbonyl (C=O) groups excluding carboxylic acids is 4. The number of hydrogen-bond donors (Lipinski definition) is 5. The molecule has 8 rings (SSSR count). The molecule has 3 aliphatic heterocycles. The van der Waals surface area contributed by atoms with Crippen molar-refractivity contribution < 1.29 is 43.7 Å². The summed E-state index contributed by atoms with van der Waals surface area (Å²) in [5.74, 6) is 1.06. The molecule has 14 nitrogen and oxygen atoms in total. The third-order valence-corrected chi connectivity index (χ3v) is 11.7. The molecule has 2 fully saturated rings. The van der Waals surface area contributed by atoms with Crippen molar-refractivity contribution >= 4 is 35.6 Å². The second kappa shape index (κ2) is 17.3. The highest BCUT2D eigenvalue weighted by atomic mass is 16.6. The Balaban J connectivity index is 1.41. The highest BCUT2D eigenvalue weighted by molar-refractivity contribution is 6.24. The summed E-state index contributed by atoms with van der Waals surface area (Å²) in [6.45, 7) is 1.32. The zero-order valence-corrected chi connectivity index (χ0v) is 33.5. The van der Waals surface area contributed by atoms with Crippen molar-refractivity contribution in [1.82, 2.24) is 15.5 Å². The summed E-state index contributed by atoms with van der Waals surface area (Å²) in [5.41, 5.74) is 6.11. The van der Waals surface area contributed by atoms with E-state index < -0.39 is 71.5 Å². The van der Waals surface area contributed by atoms with Crippen LogP contribution in [0.25, 0.3) is 0 Å². The first-order valence-electron chi connectivity index (χ1n) is 20.1. The number of imide groups is 1. The van der Waals surface area contributed by atoms with Crippen molar-refractivity contribution in [3.63, 3.8) is 0 Å². The van der Waals surface area contributed by atoms with Crippen molar-refractivity contribution in [2.75, 3.05) is 24.7 Å². The minimum atomic E-state index is -2.20. The summed E-state index contributed by atoms with van der Waals surface area (Å²) < 4.78 is 12.2. The second-order valence-electron chi connectivity index (χ2n) is 15.2. The van der Waals surface area contributed by atoms with Crippen molar-refractivity contribution in [3.8, 4) is 17.6 Å². The number of nitrogens with one attached hydrogen (secondary N) is 2. The van der Waals surface area contributed by atoms with Gasteiger partial charge in [0.1, 0.15) is 35.8 Å². The van der Waals surface area contributed by atoms with Crippen LogP contribution in [0.3, 0.4) is 0 Å². The molecule has 1 spiro atoms. The lowest BCUT2D eigenvalue weighted by atomic mass is 9.65. The van der Waals surface area contributed by atoms with Crippen LogP contribution in [0.1, 0.15) is 64.5 Å². The Morgan fingerprint density at radius 3 is 2.18 bits per heavy atom. The molecule has 14 heteroatoms. The van der Waals surface area contributed by atoms with Gasteiger partial charge in [0.25, 0.3) is 0 Å². The molecule has 0 unspecified atom stereocenters. The molecule has 7 atom stereocenters. The zero-order valence-electron chi connectivity index (χ0n) is 33.5. The van der Waals surface area contributed by atoms with Crippen LogP contribution in [0.15, 0.2) is 133 Å². The number of rotatable bonds is 10. The largest absolute Gasteiger partial charge is 0.491 e. The highest BCUT2D eigenvalue weighted by Gasteiger charge is 2.76. The summed E-state index contributed by atoms with van der Waals surface area (Å²) in [4.78, 5) is 74.0. The van der Waals surface area contributed by atoms with Crippen molar-refractivity contribution in [2.45, 2.75) is 42.6 Å². The van der Waals surface area contributed by atoms with Gasteiger partial charge in [0.05, 0.1) is 37.0 Å². The molecule has 0 aromatic heterocycles. The number of carboxylic acid groups (broad SMARTS) is 1. The number of amides is 5. The number of anilines is 1. The molecule has 0 saturated carbocycles. The lowest BCUT2D eigenvalue weighted by Crippen LogP contribution is -2.54. The monoisotopic (exact) mass is 833 g/mol. The fraction of sp³-hybridized carbons (Fsp3) is 0.229. The van der Waals surface area contributed by atoms with E-state index in [-0.39, 0.29) is 31.0 Å². The van der Waals surface area contributed by atoms with E-state index in [9.17, 15) is 29.4 Å². The summed E-state index contributed by atoms with van der Waals surface area (Å²) >= 11 is 0. The van der Waals surface area contributed by atoms with Crippen LogP contribution < -0.4 is 26.0 Å². The van der Waals surface area contributed by atoms with Gasteiger partial charge in [0.2, 0.25) is 5.91 Å². The standard InChI is InChI=1S/C48H43N5O9/c1-29(31-14-5-2-6-15-31)51-47(60)52-37-23-22-30(13-12-24-50-46(49)59)27-36(37)48(45(52)58)38(43(55)56)40-44(57)62-41(33-18-9-4-10-19-33)39(32-16-7-3-8-17-32)53(40)42(48)34-20-11-21-35(28-34)61-26-25-54/h2-11,14-23,27-29,38-42,54H,24-26H2,1H3,(H,51,60)(H,55,56)(H3,49,50,59)/t29-,38+,39+,40+,41-,42-,48+/m1/s1. The van der Waals surface area contributed by atoms with Crippen LogP contribution in [0.4, 0.5) is 15.3 Å². The van der Waals surface area contributed by atoms with E-state index in [2.05, 4.69) is 22.5 Å². The number of urea groups is 2. The molecule has 0 aliphatic carbocycles. The smallest absolute Gasteiger partial charge is 0.329 e. The van der Waals surface area contributed by atoms with E-state index in [1.54, 1.807) is 48.2 Å². The number of nitrogens with two attached hydrogens (primary N) is 1. The molecule has 0 bridgehead atoms. The summed E-state index contributed by atoms with van der Waals surface area (Å²) in [5, 5.41) is 26.6. The van der Waals surface area contributed by atoms with Gasteiger partial charge in [-0.1, -0.05) is 115 Å².